The Kier molecular flexibility index (Phi) is 3.30. The van der Waals surface area contributed by atoms with Crippen LogP contribution in [0, 0.1) is 5.92 Å². The molecule has 1 atom stereocenters. The molecule has 1 saturated carbocycles. The lowest BCUT2D eigenvalue weighted by molar-refractivity contribution is 0.264. The van der Waals surface area contributed by atoms with Crippen molar-refractivity contribution in [1.29, 1.82) is 0 Å². The zero-order valence-electron chi connectivity index (χ0n) is 7.84. The Labute approximate surface area is 101 Å². The Bertz CT molecular complexity index is 334. The minimum atomic E-state index is 0.200. The van der Waals surface area contributed by atoms with Gasteiger partial charge in [0.25, 0.3) is 0 Å². The monoisotopic (exact) mass is 317 g/mol. The van der Waals surface area contributed by atoms with Crippen molar-refractivity contribution in [3.63, 3.8) is 0 Å². The van der Waals surface area contributed by atoms with E-state index >= 15 is 0 Å². The van der Waals surface area contributed by atoms with Gasteiger partial charge in [-0.15, -0.1) is 0 Å². The fourth-order valence-electron chi connectivity index (χ4n) is 1.82. The van der Waals surface area contributed by atoms with Crippen LogP contribution < -0.4 is 5.73 Å². The van der Waals surface area contributed by atoms with Crippen LogP contribution in [0.1, 0.15) is 30.9 Å². The molecule has 2 N–H and O–H groups in total. The van der Waals surface area contributed by atoms with Gasteiger partial charge in [-0.25, -0.2) is 0 Å². The second-order valence-electron chi connectivity index (χ2n) is 3.88. The number of benzene rings is 1. The summed E-state index contributed by atoms with van der Waals surface area (Å²) in [6, 6.07) is 6.43. The van der Waals surface area contributed by atoms with Crippen molar-refractivity contribution in [3.05, 3.63) is 32.7 Å². The minimum Gasteiger partial charge on any atom is -0.324 e. The summed E-state index contributed by atoms with van der Waals surface area (Å²) in [4.78, 5) is 0. The predicted molar refractivity (Wildman–Crippen MR) is 66.1 cm³/mol. The quantitative estimate of drug-likeness (QED) is 0.876. The standard InChI is InChI=1S/C11H13Br2N/c12-8-4-5-9(10(13)6-8)11(14)7-2-1-3-7/h4-7,11H,1-3,14H2. The molecule has 1 aromatic rings. The van der Waals surface area contributed by atoms with Crippen molar-refractivity contribution in [2.45, 2.75) is 25.3 Å². The largest absolute Gasteiger partial charge is 0.324 e. The van der Waals surface area contributed by atoms with Crippen LogP contribution in [0.3, 0.4) is 0 Å². The van der Waals surface area contributed by atoms with Gasteiger partial charge in [0.15, 0.2) is 0 Å². The highest BCUT2D eigenvalue weighted by atomic mass is 79.9. The molecule has 1 aromatic carbocycles. The maximum atomic E-state index is 6.21. The molecular formula is C11H13Br2N. The maximum Gasteiger partial charge on any atom is 0.0334 e. The Morgan fingerprint density at radius 2 is 2.00 bits per heavy atom. The first-order chi connectivity index (χ1) is 6.68. The minimum absolute atomic E-state index is 0.200. The van der Waals surface area contributed by atoms with Crippen molar-refractivity contribution in [2.24, 2.45) is 11.7 Å². The molecule has 0 heterocycles. The summed E-state index contributed by atoms with van der Waals surface area (Å²) in [5.74, 6) is 0.687. The van der Waals surface area contributed by atoms with Crippen molar-refractivity contribution < 1.29 is 0 Å². The van der Waals surface area contributed by atoms with E-state index < -0.39 is 0 Å². The van der Waals surface area contributed by atoms with Gasteiger partial charge < -0.3 is 5.73 Å². The van der Waals surface area contributed by atoms with E-state index in [4.69, 9.17) is 5.73 Å². The van der Waals surface area contributed by atoms with Gasteiger partial charge >= 0.3 is 0 Å². The highest BCUT2D eigenvalue weighted by Crippen LogP contribution is 2.38. The lowest BCUT2D eigenvalue weighted by Gasteiger charge is -2.32. The van der Waals surface area contributed by atoms with E-state index in [0.29, 0.717) is 5.92 Å². The average molecular weight is 319 g/mol. The molecule has 1 fully saturated rings. The molecule has 0 amide bonds. The van der Waals surface area contributed by atoms with Crippen molar-refractivity contribution in [2.75, 3.05) is 0 Å². The van der Waals surface area contributed by atoms with Gasteiger partial charge in [-0.3, -0.25) is 0 Å². The summed E-state index contributed by atoms with van der Waals surface area (Å²) in [7, 11) is 0. The molecule has 0 spiro atoms. The van der Waals surface area contributed by atoms with Crippen molar-refractivity contribution >= 4 is 31.9 Å². The summed E-state index contributed by atoms with van der Waals surface area (Å²) < 4.78 is 2.21. The molecule has 0 radical (unpaired) electrons. The third-order valence-electron chi connectivity index (χ3n) is 2.98. The molecule has 1 nitrogen and oxygen atoms in total. The van der Waals surface area contributed by atoms with Gasteiger partial charge in [0.05, 0.1) is 0 Å². The predicted octanol–water partition coefficient (Wildman–Crippen LogP) is 4.01. The smallest absolute Gasteiger partial charge is 0.0334 e. The lowest BCUT2D eigenvalue weighted by atomic mass is 9.78. The van der Waals surface area contributed by atoms with Crippen LogP contribution in [0.2, 0.25) is 0 Å². The van der Waals surface area contributed by atoms with E-state index in [2.05, 4.69) is 50.1 Å². The van der Waals surface area contributed by atoms with Gasteiger partial charge in [0.2, 0.25) is 0 Å². The Hall–Kier alpha value is 0.140. The van der Waals surface area contributed by atoms with Crippen LogP contribution in [0.5, 0.6) is 0 Å². The van der Waals surface area contributed by atoms with Gasteiger partial charge in [0.1, 0.15) is 0 Å². The molecule has 1 aliphatic rings. The summed E-state index contributed by atoms with van der Waals surface area (Å²) in [5, 5.41) is 0. The van der Waals surface area contributed by atoms with Gasteiger partial charge in [-0.05, 0) is 36.5 Å². The van der Waals surface area contributed by atoms with Gasteiger partial charge in [-0.1, -0.05) is 44.3 Å². The first-order valence-electron chi connectivity index (χ1n) is 4.89. The molecule has 1 unspecified atom stereocenters. The summed E-state index contributed by atoms with van der Waals surface area (Å²) in [6.45, 7) is 0. The topological polar surface area (TPSA) is 26.0 Å². The molecule has 0 aliphatic heterocycles. The van der Waals surface area contributed by atoms with E-state index in [1.54, 1.807) is 0 Å². The Balaban J connectivity index is 2.22. The third kappa shape index (κ3) is 2.05. The van der Waals surface area contributed by atoms with Crippen LogP contribution in [0.15, 0.2) is 27.1 Å². The number of hydrogen-bond donors (Lipinski definition) is 1. The summed E-state index contributed by atoms with van der Waals surface area (Å²) in [5.41, 5.74) is 7.44. The highest BCUT2D eigenvalue weighted by Gasteiger charge is 2.26. The number of nitrogens with two attached hydrogens (primary N) is 1. The molecule has 0 saturated heterocycles. The SMILES string of the molecule is NC(c1ccc(Br)cc1Br)C1CCC1. The van der Waals surface area contributed by atoms with Crippen LogP contribution in [0.25, 0.3) is 0 Å². The number of hydrogen-bond acceptors (Lipinski definition) is 1. The first kappa shape index (κ1) is 10.7. The van der Waals surface area contributed by atoms with E-state index in [-0.39, 0.29) is 6.04 Å². The molecule has 0 bridgehead atoms. The molecule has 3 heteroatoms. The van der Waals surface area contributed by atoms with E-state index in [0.717, 1.165) is 8.95 Å². The fraction of sp³-hybridized carbons (Fsp3) is 0.455. The summed E-state index contributed by atoms with van der Waals surface area (Å²) in [6.07, 6.45) is 3.90. The molecular weight excluding hydrogens is 306 g/mol. The zero-order valence-corrected chi connectivity index (χ0v) is 11.0. The van der Waals surface area contributed by atoms with Gasteiger partial charge in [0, 0.05) is 15.0 Å². The highest BCUT2D eigenvalue weighted by molar-refractivity contribution is 9.11. The molecule has 76 valence electrons. The Morgan fingerprint density at radius 3 is 2.50 bits per heavy atom. The van der Waals surface area contributed by atoms with E-state index in [1.807, 2.05) is 0 Å². The first-order valence-corrected chi connectivity index (χ1v) is 6.47. The lowest BCUT2D eigenvalue weighted by Crippen LogP contribution is -2.27. The molecule has 2 rings (SSSR count). The van der Waals surface area contributed by atoms with Crippen LogP contribution in [0.4, 0.5) is 0 Å². The van der Waals surface area contributed by atoms with Crippen molar-refractivity contribution in [3.8, 4) is 0 Å². The average Bonchev–Trinajstić information content (AvgIpc) is 2.00. The Morgan fingerprint density at radius 1 is 1.29 bits per heavy atom. The molecule has 0 aromatic heterocycles. The number of halogens is 2. The second kappa shape index (κ2) is 4.33. The van der Waals surface area contributed by atoms with E-state index in [1.165, 1.54) is 24.8 Å². The number of rotatable bonds is 2. The van der Waals surface area contributed by atoms with Crippen LogP contribution in [-0.4, -0.2) is 0 Å². The van der Waals surface area contributed by atoms with Gasteiger partial charge in [-0.2, -0.15) is 0 Å². The molecule has 14 heavy (non-hydrogen) atoms. The summed E-state index contributed by atoms with van der Waals surface area (Å²) >= 11 is 7.00. The van der Waals surface area contributed by atoms with Crippen molar-refractivity contribution in [1.82, 2.24) is 0 Å². The zero-order chi connectivity index (χ0) is 10.1. The third-order valence-corrected chi connectivity index (χ3v) is 4.16. The second-order valence-corrected chi connectivity index (χ2v) is 5.65. The maximum absolute atomic E-state index is 6.21. The van der Waals surface area contributed by atoms with Crippen LogP contribution >= 0.6 is 31.9 Å². The van der Waals surface area contributed by atoms with Crippen LogP contribution in [-0.2, 0) is 0 Å². The normalized spacial score (nSPS) is 19.1. The fourth-order valence-corrected chi connectivity index (χ4v) is 3.14. The van der Waals surface area contributed by atoms with E-state index in [9.17, 15) is 0 Å². The molecule has 1 aliphatic carbocycles.